The predicted molar refractivity (Wildman–Crippen MR) is 77.4 cm³/mol. The number of hydrogen-bond donors (Lipinski definition) is 2. The van der Waals surface area contributed by atoms with E-state index in [9.17, 15) is 9.59 Å². The van der Waals surface area contributed by atoms with Gasteiger partial charge in [-0.2, -0.15) is 0 Å². The quantitative estimate of drug-likeness (QED) is 0.616. The lowest BCUT2D eigenvalue weighted by atomic mass is 10.1. The Balaban J connectivity index is 2.57. The summed E-state index contributed by atoms with van der Waals surface area (Å²) in [4.78, 5) is 24.8. The number of hydrogen-bond acceptors (Lipinski definition) is 3. The predicted octanol–water partition coefficient (Wildman–Crippen LogP) is 0.356. The number of carbonyl (C=O) groups is 2. The van der Waals surface area contributed by atoms with E-state index in [-0.39, 0.29) is 11.5 Å². The van der Waals surface area contributed by atoms with Crippen molar-refractivity contribution >= 4 is 29.0 Å². The molecule has 3 N–H and O–H groups in total. The van der Waals surface area contributed by atoms with Crippen molar-refractivity contribution in [3.8, 4) is 0 Å². The van der Waals surface area contributed by atoms with Gasteiger partial charge >= 0.3 is 11.8 Å². The van der Waals surface area contributed by atoms with Crippen LogP contribution in [0.4, 0.5) is 0 Å². The molecule has 0 aliphatic carbocycles. The summed E-state index contributed by atoms with van der Waals surface area (Å²) >= 11 is 4.62. The van der Waals surface area contributed by atoms with E-state index in [1.807, 2.05) is 31.2 Å². The highest BCUT2D eigenvalue weighted by Crippen LogP contribution is 2.06. The maximum absolute atomic E-state index is 11.8. The number of thiocarbonyl (C=S) groups is 1. The Morgan fingerprint density at radius 2 is 2.11 bits per heavy atom. The van der Waals surface area contributed by atoms with Crippen LogP contribution in [0, 0.1) is 6.92 Å². The van der Waals surface area contributed by atoms with Crippen molar-refractivity contribution in [1.29, 1.82) is 0 Å². The molecular weight excluding hydrogens is 262 g/mol. The molecule has 0 radical (unpaired) electrons. The molecule has 0 unspecified atom stereocenters. The number of rotatable bonds is 4. The highest BCUT2D eigenvalue weighted by Gasteiger charge is 2.18. The first-order valence-corrected chi connectivity index (χ1v) is 6.18. The number of carbonyl (C=O) groups excluding carboxylic acids is 2. The van der Waals surface area contributed by atoms with E-state index in [1.165, 1.54) is 4.90 Å². The van der Waals surface area contributed by atoms with Crippen LogP contribution in [0.25, 0.3) is 0 Å². The number of nitrogens with two attached hydrogens (primary N) is 1. The third-order valence-electron chi connectivity index (χ3n) is 2.47. The second kappa shape index (κ2) is 6.84. The molecule has 6 heteroatoms. The van der Waals surface area contributed by atoms with Crippen LogP contribution in [0.5, 0.6) is 0 Å². The van der Waals surface area contributed by atoms with Crippen molar-refractivity contribution in [3.05, 3.63) is 35.4 Å². The van der Waals surface area contributed by atoms with Crippen LogP contribution in [0.1, 0.15) is 11.1 Å². The third kappa shape index (κ3) is 5.05. The second-order valence-electron chi connectivity index (χ2n) is 4.30. The van der Waals surface area contributed by atoms with Gasteiger partial charge in [0.1, 0.15) is 0 Å². The first-order valence-electron chi connectivity index (χ1n) is 5.77. The van der Waals surface area contributed by atoms with Gasteiger partial charge in [0.05, 0.1) is 11.5 Å². The Bertz CT molecular complexity index is 502. The summed E-state index contributed by atoms with van der Waals surface area (Å²) in [5, 5.41) is 2.36. The highest BCUT2D eigenvalue weighted by atomic mass is 32.1. The van der Waals surface area contributed by atoms with E-state index in [2.05, 4.69) is 17.5 Å². The van der Waals surface area contributed by atoms with E-state index >= 15 is 0 Å². The molecule has 1 rings (SSSR count). The Morgan fingerprint density at radius 3 is 2.68 bits per heavy atom. The van der Waals surface area contributed by atoms with Gasteiger partial charge in [-0.25, -0.2) is 0 Å². The number of benzene rings is 1. The minimum Gasteiger partial charge on any atom is -0.392 e. The maximum Gasteiger partial charge on any atom is 0.311 e. The van der Waals surface area contributed by atoms with E-state index in [1.54, 1.807) is 7.05 Å². The zero-order valence-corrected chi connectivity index (χ0v) is 11.8. The van der Waals surface area contributed by atoms with Gasteiger partial charge in [-0.05, 0) is 12.5 Å². The van der Waals surface area contributed by atoms with Gasteiger partial charge in [0, 0.05) is 13.6 Å². The van der Waals surface area contributed by atoms with Crippen LogP contribution in [-0.4, -0.2) is 35.3 Å². The van der Waals surface area contributed by atoms with E-state index in [0.29, 0.717) is 6.54 Å². The zero-order chi connectivity index (χ0) is 14.4. The topological polar surface area (TPSA) is 75.4 Å². The molecule has 5 nitrogen and oxygen atoms in total. The molecule has 0 bridgehead atoms. The molecule has 0 heterocycles. The largest absolute Gasteiger partial charge is 0.392 e. The first kappa shape index (κ1) is 15.1. The van der Waals surface area contributed by atoms with Gasteiger partial charge in [-0.3, -0.25) is 9.59 Å². The number of amides is 2. The average Bonchev–Trinajstić information content (AvgIpc) is 2.34. The molecule has 0 saturated heterocycles. The summed E-state index contributed by atoms with van der Waals surface area (Å²) in [5.41, 5.74) is 7.33. The standard InChI is InChI=1S/C13H17N3O2S/c1-9-4-3-5-10(6-9)8-16(2)13(18)12(17)15-7-11(14)19/h3-6H,7-8H2,1-2H3,(H2,14,19)(H,15,17). The minimum atomic E-state index is -0.706. The summed E-state index contributed by atoms with van der Waals surface area (Å²) in [5.74, 6) is -1.32. The van der Waals surface area contributed by atoms with Crippen LogP contribution in [-0.2, 0) is 16.1 Å². The lowest BCUT2D eigenvalue weighted by Crippen LogP contribution is -2.43. The van der Waals surface area contributed by atoms with Gasteiger partial charge in [-0.15, -0.1) is 0 Å². The van der Waals surface area contributed by atoms with Gasteiger partial charge in [0.2, 0.25) is 0 Å². The van der Waals surface area contributed by atoms with Crippen LogP contribution < -0.4 is 11.1 Å². The number of nitrogens with one attached hydrogen (secondary N) is 1. The number of nitrogens with zero attached hydrogens (tertiary/aromatic N) is 1. The molecular formula is C13H17N3O2S. The van der Waals surface area contributed by atoms with Crippen molar-refractivity contribution in [2.45, 2.75) is 13.5 Å². The molecule has 0 aromatic heterocycles. The Hall–Kier alpha value is -1.95. The number of aryl methyl sites for hydroxylation is 1. The highest BCUT2D eigenvalue weighted by molar-refractivity contribution is 7.80. The molecule has 2 amide bonds. The lowest BCUT2D eigenvalue weighted by molar-refractivity contribution is -0.145. The van der Waals surface area contributed by atoms with E-state index < -0.39 is 11.8 Å². The fourth-order valence-electron chi connectivity index (χ4n) is 1.57. The normalized spacial score (nSPS) is 9.79. The van der Waals surface area contributed by atoms with Gasteiger partial charge < -0.3 is 16.0 Å². The smallest absolute Gasteiger partial charge is 0.311 e. The van der Waals surface area contributed by atoms with E-state index in [4.69, 9.17) is 5.73 Å². The third-order valence-corrected chi connectivity index (χ3v) is 2.61. The van der Waals surface area contributed by atoms with Crippen LogP contribution >= 0.6 is 12.2 Å². The molecule has 0 saturated carbocycles. The van der Waals surface area contributed by atoms with Gasteiger partial charge in [0.15, 0.2) is 0 Å². The van der Waals surface area contributed by atoms with E-state index in [0.717, 1.165) is 11.1 Å². The number of likely N-dealkylation sites (N-methyl/N-ethyl adjacent to an activating group) is 1. The molecule has 0 fully saturated rings. The molecule has 0 atom stereocenters. The molecule has 0 spiro atoms. The fourth-order valence-corrected chi connectivity index (χ4v) is 1.64. The Morgan fingerprint density at radius 1 is 1.42 bits per heavy atom. The minimum absolute atomic E-state index is 0.0260. The molecule has 0 aliphatic heterocycles. The summed E-state index contributed by atoms with van der Waals surface area (Å²) in [6.45, 7) is 2.37. The SMILES string of the molecule is Cc1cccc(CN(C)C(=O)C(=O)NCC(N)=S)c1. The van der Waals surface area contributed by atoms with Crippen molar-refractivity contribution < 1.29 is 9.59 Å². The Kier molecular flexibility index (Phi) is 5.44. The summed E-state index contributed by atoms with van der Waals surface area (Å²) in [6, 6.07) is 7.76. The van der Waals surface area contributed by atoms with Crippen molar-refractivity contribution in [2.24, 2.45) is 5.73 Å². The maximum atomic E-state index is 11.8. The lowest BCUT2D eigenvalue weighted by Gasteiger charge is -2.16. The van der Waals surface area contributed by atoms with Crippen LogP contribution in [0.3, 0.4) is 0 Å². The Labute approximate surface area is 117 Å². The van der Waals surface area contributed by atoms with Crippen LogP contribution in [0.2, 0.25) is 0 Å². The average molecular weight is 279 g/mol. The summed E-state index contributed by atoms with van der Waals surface area (Å²) < 4.78 is 0. The van der Waals surface area contributed by atoms with Crippen LogP contribution in [0.15, 0.2) is 24.3 Å². The summed E-state index contributed by atoms with van der Waals surface area (Å²) in [6.07, 6.45) is 0. The second-order valence-corrected chi connectivity index (χ2v) is 4.82. The molecule has 0 aliphatic rings. The monoisotopic (exact) mass is 279 g/mol. The summed E-state index contributed by atoms with van der Waals surface area (Å²) in [7, 11) is 1.57. The first-order chi connectivity index (χ1) is 8.90. The molecule has 1 aromatic rings. The van der Waals surface area contributed by atoms with Crippen molar-refractivity contribution in [2.75, 3.05) is 13.6 Å². The molecule has 1 aromatic carbocycles. The van der Waals surface area contributed by atoms with Crippen molar-refractivity contribution in [1.82, 2.24) is 10.2 Å². The van der Waals surface area contributed by atoms with Gasteiger partial charge in [0.25, 0.3) is 0 Å². The fraction of sp³-hybridized carbons (Fsp3) is 0.308. The molecule has 102 valence electrons. The zero-order valence-electron chi connectivity index (χ0n) is 11.0. The van der Waals surface area contributed by atoms with Crippen molar-refractivity contribution in [3.63, 3.8) is 0 Å². The van der Waals surface area contributed by atoms with Gasteiger partial charge in [-0.1, -0.05) is 42.0 Å². The molecule has 19 heavy (non-hydrogen) atoms.